The van der Waals surface area contributed by atoms with Crippen LogP contribution in [0.3, 0.4) is 0 Å². The van der Waals surface area contributed by atoms with Gasteiger partial charge in [0.05, 0.1) is 28.8 Å². The summed E-state index contributed by atoms with van der Waals surface area (Å²) in [6.07, 6.45) is 0. The molecule has 2 aromatic rings. The highest BCUT2D eigenvalue weighted by Crippen LogP contribution is 2.28. The maximum atomic E-state index is 13.2. The molecule has 1 aliphatic heterocycles. The van der Waals surface area contributed by atoms with Crippen LogP contribution in [-0.4, -0.2) is 88.6 Å². The Morgan fingerprint density at radius 2 is 1.71 bits per heavy atom. The van der Waals surface area contributed by atoms with Crippen molar-refractivity contribution in [3.05, 3.63) is 52.5 Å². The number of benzene rings is 2. The SMILES string of the molecule is COCCN(CC(=O)Nc1cc(N2CCN(C(=O)NC(C)C)CC2)ccc1Cl)S(=O)(=O)c1ccc(Cl)cc1. The molecule has 13 heteroatoms. The number of amides is 3. The number of anilines is 2. The summed E-state index contributed by atoms with van der Waals surface area (Å²) in [7, 11) is -2.52. The maximum absolute atomic E-state index is 13.2. The monoisotopic (exact) mass is 585 g/mol. The van der Waals surface area contributed by atoms with E-state index < -0.39 is 22.5 Å². The van der Waals surface area contributed by atoms with Gasteiger partial charge < -0.3 is 25.2 Å². The number of carbonyl (C=O) groups excluding carboxylic acids is 2. The molecule has 0 aromatic heterocycles. The molecule has 3 rings (SSSR count). The quantitative estimate of drug-likeness (QED) is 0.441. The van der Waals surface area contributed by atoms with E-state index in [1.165, 1.54) is 31.4 Å². The van der Waals surface area contributed by atoms with E-state index in [0.29, 0.717) is 41.9 Å². The Balaban J connectivity index is 1.69. The van der Waals surface area contributed by atoms with Crippen LogP contribution in [0.25, 0.3) is 0 Å². The summed E-state index contributed by atoms with van der Waals surface area (Å²) in [4.78, 5) is 29.1. The van der Waals surface area contributed by atoms with Crippen LogP contribution < -0.4 is 15.5 Å². The Morgan fingerprint density at radius 3 is 2.32 bits per heavy atom. The second kappa shape index (κ2) is 13.5. The summed E-state index contributed by atoms with van der Waals surface area (Å²) in [5.41, 5.74) is 1.20. The van der Waals surface area contributed by atoms with Crippen molar-refractivity contribution in [1.82, 2.24) is 14.5 Å². The van der Waals surface area contributed by atoms with E-state index in [0.717, 1.165) is 9.99 Å². The number of ether oxygens (including phenoxy) is 1. The van der Waals surface area contributed by atoms with Crippen LogP contribution in [0.1, 0.15) is 13.8 Å². The molecule has 3 amide bonds. The molecule has 1 heterocycles. The molecule has 2 aromatic carbocycles. The van der Waals surface area contributed by atoms with Crippen LogP contribution in [0.4, 0.5) is 16.2 Å². The van der Waals surface area contributed by atoms with Gasteiger partial charge >= 0.3 is 6.03 Å². The van der Waals surface area contributed by atoms with Gasteiger partial charge in [0.25, 0.3) is 0 Å². The van der Waals surface area contributed by atoms with Crippen molar-refractivity contribution in [2.75, 3.05) is 63.2 Å². The highest BCUT2D eigenvalue weighted by molar-refractivity contribution is 7.89. The van der Waals surface area contributed by atoms with Gasteiger partial charge in [-0.15, -0.1) is 0 Å². The molecule has 1 fully saturated rings. The van der Waals surface area contributed by atoms with E-state index in [-0.39, 0.29) is 30.1 Å². The number of sulfonamides is 1. The minimum absolute atomic E-state index is 0.0166. The van der Waals surface area contributed by atoms with Crippen molar-refractivity contribution >= 4 is 56.5 Å². The van der Waals surface area contributed by atoms with Gasteiger partial charge in [0.2, 0.25) is 15.9 Å². The van der Waals surface area contributed by atoms with Gasteiger partial charge in [0, 0.05) is 56.6 Å². The highest BCUT2D eigenvalue weighted by Gasteiger charge is 2.27. The molecule has 0 spiro atoms. The highest BCUT2D eigenvalue weighted by atomic mass is 35.5. The first-order valence-corrected chi connectivity index (χ1v) is 14.4. The predicted octanol–water partition coefficient (Wildman–Crippen LogP) is 3.51. The van der Waals surface area contributed by atoms with Crippen LogP contribution >= 0.6 is 23.2 Å². The molecule has 0 radical (unpaired) electrons. The summed E-state index contributed by atoms with van der Waals surface area (Å²) in [5, 5.41) is 6.36. The Bertz CT molecular complexity index is 1220. The molecule has 208 valence electrons. The molecule has 2 N–H and O–H groups in total. The smallest absolute Gasteiger partial charge is 0.317 e. The van der Waals surface area contributed by atoms with Gasteiger partial charge in [0.15, 0.2) is 0 Å². The van der Waals surface area contributed by atoms with E-state index in [2.05, 4.69) is 15.5 Å². The summed E-state index contributed by atoms with van der Waals surface area (Å²) >= 11 is 12.2. The first kappa shape index (κ1) is 30.0. The molecule has 0 saturated carbocycles. The topological polar surface area (TPSA) is 111 Å². The van der Waals surface area contributed by atoms with E-state index in [1.807, 2.05) is 19.9 Å². The molecule has 10 nitrogen and oxygen atoms in total. The largest absolute Gasteiger partial charge is 0.383 e. The third kappa shape index (κ3) is 7.97. The lowest BCUT2D eigenvalue weighted by molar-refractivity contribution is -0.116. The third-order valence-electron chi connectivity index (χ3n) is 5.88. The lowest BCUT2D eigenvalue weighted by atomic mass is 10.2. The first-order valence-electron chi connectivity index (χ1n) is 12.2. The van der Waals surface area contributed by atoms with E-state index in [9.17, 15) is 18.0 Å². The number of nitrogens with one attached hydrogen (secondary N) is 2. The second-order valence-corrected chi connectivity index (χ2v) is 11.9. The summed E-state index contributed by atoms with van der Waals surface area (Å²) in [6.45, 7) is 5.84. The lowest BCUT2D eigenvalue weighted by Crippen LogP contribution is -2.52. The number of hydrogen-bond acceptors (Lipinski definition) is 6. The van der Waals surface area contributed by atoms with Crippen molar-refractivity contribution in [2.45, 2.75) is 24.8 Å². The van der Waals surface area contributed by atoms with Crippen molar-refractivity contribution in [1.29, 1.82) is 0 Å². The predicted molar refractivity (Wildman–Crippen MR) is 150 cm³/mol. The Labute approximate surface area is 233 Å². The van der Waals surface area contributed by atoms with Crippen molar-refractivity contribution < 1.29 is 22.7 Å². The molecule has 0 aliphatic carbocycles. The fourth-order valence-corrected chi connectivity index (χ4v) is 5.57. The molecule has 1 aliphatic rings. The summed E-state index contributed by atoms with van der Waals surface area (Å²) < 4.78 is 32.5. The number of urea groups is 1. The number of carbonyl (C=O) groups is 2. The lowest BCUT2D eigenvalue weighted by Gasteiger charge is -2.36. The molecule has 0 bridgehead atoms. The van der Waals surface area contributed by atoms with Crippen molar-refractivity contribution in [3.63, 3.8) is 0 Å². The fraction of sp³-hybridized carbons (Fsp3) is 0.440. The average molecular weight is 587 g/mol. The normalized spacial score (nSPS) is 14.2. The zero-order chi connectivity index (χ0) is 27.9. The van der Waals surface area contributed by atoms with Crippen molar-refractivity contribution in [3.8, 4) is 0 Å². The zero-order valence-corrected chi connectivity index (χ0v) is 23.9. The van der Waals surface area contributed by atoms with E-state index in [1.54, 1.807) is 17.0 Å². The molecular weight excluding hydrogens is 553 g/mol. The van der Waals surface area contributed by atoms with Gasteiger partial charge in [-0.2, -0.15) is 4.31 Å². The van der Waals surface area contributed by atoms with Crippen molar-refractivity contribution in [2.24, 2.45) is 0 Å². The van der Waals surface area contributed by atoms with Gasteiger partial charge in [0.1, 0.15) is 0 Å². The minimum Gasteiger partial charge on any atom is -0.383 e. The zero-order valence-electron chi connectivity index (χ0n) is 21.6. The Kier molecular flexibility index (Phi) is 10.6. The standard InChI is InChI=1S/C25H33Cl2N5O5S/c1-18(2)28-25(34)31-12-10-30(11-13-31)20-6-9-22(27)23(16-20)29-24(33)17-32(14-15-37-3)38(35,36)21-7-4-19(26)5-8-21/h4-9,16,18H,10-15,17H2,1-3H3,(H,28,34)(H,29,33). The van der Waals surface area contributed by atoms with E-state index >= 15 is 0 Å². The number of methoxy groups -OCH3 is 1. The van der Waals surface area contributed by atoms with Crippen LogP contribution in [0.2, 0.25) is 10.0 Å². The van der Waals surface area contributed by atoms with Gasteiger partial charge in [-0.25, -0.2) is 13.2 Å². The third-order valence-corrected chi connectivity index (χ3v) is 8.33. The average Bonchev–Trinajstić information content (AvgIpc) is 2.87. The first-order chi connectivity index (χ1) is 18.0. The van der Waals surface area contributed by atoms with Crippen LogP contribution in [-0.2, 0) is 19.6 Å². The molecule has 0 atom stereocenters. The van der Waals surface area contributed by atoms with Gasteiger partial charge in [-0.05, 0) is 56.3 Å². The molecule has 0 unspecified atom stereocenters. The minimum atomic E-state index is -3.98. The number of piperazine rings is 1. The Hall–Kier alpha value is -2.57. The Morgan fingerprint density at radius 1 is 1.05 bits per heavy atom. The fourth-order valence-electron chi connectivity index (χ4n) is 3.89. The number of halogens is 2. The summed E-state index contributed by atoms with van der Waals surface area (Å²) in [5.74, 6) is -0.548. The second-order valence-electron chi connectivity index (χ2n) is 9.08. The summed E-state index contributed by atoms with van der Waals surface area (Å²) in [6, 6.07) is 11.0. The number of hydrogen-bond donors (Lipinski definition) is 2. The van der Waals surface area contributed by atoms with Crippen LogP contribution in [0.15, 0.2) is 47.4 Å². The number of rotatable bonds is 10. The van der Waals surface area contributed by atoms with Gasteiger partial charge in [-0.1, -0.05) is 23.2 Å². The molecule has 1 saturated heterocycles. The van der Waals surface area contributed by atoms with Crippen LogP contribution in [0.5, 0.6) is 0 Å². The maximum Gasteiger partial charge on any atom is 0.317 e. The van der Waals surface area contributed by atoms with Crippen LogP contribution in [0, 0.1) is 0 Å². The molecular formula is C25H33Cl2N5O5S. The van der Waals surface area contributed by atoms with E-state index in [4.69, 9.17) is 27.9 Å². The molecule has 38 heavy (non-hydrogen) atoms. The number of nitrogens with zero attached hydrogens (tertiary/aromatic N) is 3. The van der Waals surface area contributed by atoms with Gasteiger partial charge in [-0.3, -0.25) is 4.79 Å².